The number of carbonyl (C=O) groups is 2. The van der Waals surface area contributed by atoms with Gasteiger partial charge >= 0.3 is 12.1 Å². The van der Waals surface area contributed by atoms with E-state index in [1.807, 2.05) is 0 Å². The van der Waals surface area contributed by atoms with Crippen LogP contribution in [0.1, 0.15) is 44.0 Å². The zero-order valence-electron chi connectivity index (χ0n) is 16.4. The van der Waals surface area contributed by atoms with Crippen molar-refractivity contribution < 1.29 is 28.2 Å². The number of hydrogen-bond acceptors (Lipinski definition) is 5. The van der Waals surface area contributed by atoms with Crippen LogP contribution in [0.25, 0.3) is 0 Å². The summed E-state index contributed by atoms with van der Waals surface area (Å²) in [6.45, 7) is 5.22. The Hall–Kier alpha value is -3.10. The Morgan fingerprint density at radius 1 is 1.28 bits per heavy atom. The lowest BCUT2D eigenvalue weighted by molar-refractivity contribution is 0.0544. The minimum absolute atomic E-state index is 0.0430. The first-order valence-electron chi connectivity index (χ1n) is 9.21. The summed E-state index contributed by atoms with van der Waals surface area (Å²) >= 11 is 0. The number of halogens is 2. The van der Waals surface area contributed by atoms with Gasteiger partial charge in [0.1, 0.15) is 17.0 Å². The summed E-state index contributed by atoms with van der Waals surface area (Å²) in [5, 5.41) is 14.6. The van der Waals surface area contributed by atoms with E-state index in [2.05, 4.69) is 10.6 Å². The van der Waals surface area contributed by atoms with Crippen LogP contribution in [-0.4, -0.2) is 35.4 Å². The van der Waals surface area contributed by atoms with Crippen molar-refractivity contribution in [3.63, 3.8) is 0 Å². The van der Waals surface area contributed by atoms with E-state index >= 15 is 4.39 Å². The number of carboxylic acid groups (broad SMARTS) is 1. The minimum atomic E-state index is -1.54. The van der Waals surface area contributed by atoms with E-state index in [-0.39, 0.29) is 24.0 Å². The van der Waals surface area contributed by atoms with Crippen molar-refractivity contribution >= 4 is 23.4 Å². The van der Waals surface area contributed by atoms with Crippen LogP contribution in [0.5, 0.6) is 0 Å². The second kappa shape index (κ2) is 7.73. The van der Waals surface area contributed by atoms with E-state index in [1.165, 1.54) is 11.1 Å². The molecule has 0 spiro atoms. The van der Waals surface area contributed by atoms with Crippen molar-refractivity contribution in [2.24, 2.45) is 0 Å². The molecule has 9 heteroatoms. The predicted octanol–water partition coefficient (Wildman–Crippen LogP) is 3.98. The molecule has 7 nitrogen and oxygen atoms in total. The van der Waals surface area contributed by atoms with Gasteiger partial charge in [-0.3, -0.25) is 5.32 Å². The zero-order chi connectivity index (χ0) is 21.3. The number of hydrogen-bond donors (Lipinski definition) is 3. The monoisotopic (exact) mass is 407 g/mol. The standard InChI is InChI=1S/C20H23F2N3O4/c1-20(2,3)29-19(28)24-12-5-4-8-25(10-12)14-9-13(21)15(18(26)27)17(16(14)22)23-11-6-7-11/h4-5,8-9,11,23H,6-7,10H2,1-3H3,(H,24,28)(H,26,27). The molecule has 1 saturated carbocycles. The highest BCUT2D eigenvalue weighted by molar-refractivity contribution is 5.96. The van der Waals surface area contributed by atoms with Gasteiger partial charge in [0.25, 0.3) is 0 Å². The zero-order valence-corrected chi connectivity index (χ0v) is 16.4. The lowest BCUT2D eigenvalue weighted by Gasteiger charge is -2.27. The molecule has 1 aromatic rings. The van der Waals surface area contributed by atoms with Crippen molar-refractivity contribution in [2.75, 3.05) is 16.8 Å². The number of nitrogens with one attached hydrogen (secondary N) is 2. The third kappa shape index (κ3) is 5.04. The summed E-state index contributed by atoms with van der Waals surface area (Å²) in [7, 11) is 0. The molecule has 0 unspecified atom stereocenters. The highest BCUT2D eigenvalue weighted by atomic mass is 19.1. The van der Waals surface area contributed by atoms with Crippen LogP contribution in [0.2, 0.25) is 0 Å². The smallest absolute Gasteiger partial charge is 0.411 e. The van der Waals surface area contributed by atoms with Crippen LogP contribution < -0.4 is 15.5 Å². The quantitative estimate of drug-likeness (QED) is 0.684. The average molecular weight is 407 g/mol. The summed E-state index contributed by atoms with van der Waals surface area (Å²) in [6.07, 6.45) is 5.56. The third-order valence-corrected chi connectivity index (χ3v) is 4.21. The van der Waals surface area contributed by atoms with Gasteiger partial charge in [0, 0.05) is 24.0 Å². The van der Waals surface area contributed by atoms with Gasteiger partial charge in [-0.2, -0.15) is 0 Å². The number of carbonyl (C=O) groups excluding carboxylic acids is 1. The second-order valence-corrected chi connectivity index (χ2v) is 7.95. The number of allylic oxidation sites excluding steroid dienone is 2. The Bertz CT molecular complexity index is 902. The number of ether oxygens (including phenoxy) is 1. The second-order valence-electron chi connectivity index (χ2n) is 7.95. The van der Waals surface area contributed by atoms with Crippen LogP contribution in [0.3, 0.4) is 0 Å². The fraction of sp³-hybridized carbons (Fsp3) is 0.400. The molecule has 0 saturated heterocycles. The van der Waals surface area contributed by atoms with Crippen LogP contribution in [0.4, 0.5) is 25.0 Å². The Balaban J connectivity index is 1.84. The van der Waals surface area contributed by atoms with E-state index in [0.29, 0.717) is 5.70 Å². The maximum atomic E-state index is 15.2. The molecule has 1 aliphatic carbocycles. The highest BCUT2D eigenvalue weighted by Crippen LogP contribution is 2.36. The normalized spacial score (nSPS) is 16.3. The topological polar surface area (TPSA) is 90.9 Å². The molecule has 1 aliphatic heterocycles. The number of carboxylic acids is 1. The first-order chi connectivity index (χ1) is 13.5. The summed E-state index contributed by atoms with van der Waals surface area (Å²) in [6, 6.07) is 0.774. The molecule has 0 bridgehead atoms. The molecule has 29 heavy (non-hydrogen) atoms. The fourth-order valence-corrected chi connectivity index (χ4v) is 2.83. The van der Waals surface area contributed by atoms with Gasteiger partial charge in [-0.15, -0.1) is 0 Å². The van der Waals surface area contributed by atoms with Gasteiger partial charge in [0.15, 0.2) is 5.82 Å². The minimum Gasteiger partial charge on any atom is -0.478 e. The SMILES string of the molecule is CC(C)(C)OC(=O)NC1=CC=CN(c2cc(F)c(C(=O)O)c(NC3CC3)c2F)C1. The van der Waals surface area contributed by atoms with Gasteiger partial charge in [-0.05, 0) is 45.8 Å². The van der Waals surface area contributed by atoms with Crippen molar-refractivity contribution in [3.8, 4) is 0 Å². The fourth-order valence-electron chi connectivity index (χ4n) is 2.83. The highest BCUT2D eigenvalue weighted by Gasteiger charge is 2.30. The summed E-state index contributed by atoms with van der Waals surface area (Å²) in [5.74, 6) is -3.45. The Kier molecular flexibility index (Phi) is 5.50. The number of alkyl carbamates (subject to hydrolysis) is 1. The Morgan fingerprint density at radius 3 is 2.55 bits per heavy atom. The lowest BCUT2D eigenvalue weighted by Crippen LogP contribution is -2.36. The largest absolute Gasteiger partial charge is 0.478 e. The van der Waals surface area contributed by atoms with Crippen LogP contribution in [-0.2, 0) is 4.74 Å². The molecule has 0 radical (unpaired) electrons. The van der Waals surface area contributed by atoms with Gasteiger partial charge in [-0.25, -0.2) is 18.4 Å². The molecule has 1 amide bonds. The summed E-state index contributed by atoms with van der Waals surface area (Å²) < 4.78 is 34.9. The van der Waals surface area contributed by atoms with E-state index in [0.717, 1.165) is 18.9 Å². The Labute approximate surface area is 167 Å². The number of rotatable bonds is 5. The molecule has 0 aromatic heterocycles. The van der Waals surface area contributed by atoms with Crippen LogP contribution in [0.15, 0.2) is 30.1 Å². The maximum absolute atomic E-state index is 15.2. The molecular weight excluding hydrogens is 384 g/mol. The third-order valence-electron chi connectivity index (χ3n) is 4.21. The number of aromatic carboxylic acids is 1. The number of nitrogens with zero attached hydrogens (tertiary/aromatic N) is 1. The van der Waals surface area contributed by atoms with E-state index in [1.54, 1.807) is 32.9 Å². The number of amides is 1. The van der Waals surface area contributed by atoms with Gasteiger partial charge in [0.05, 0.1) is 17.9 Å². The van der Waals surface area contributed by atoms with Crippen molar-refractivity contribution in [3.05, 3.63) is 47.3 Å². The summed E-state index contributed by atoms with van der Waals surface area (Å²) in [4.78, 5) is 24.8. The molecule has 0 atom stereocenters. The average Bonchev–Trinajstić information content (AvgIpc) is 3.40. The van der Waals surface area contributed by atoms with E-state index < -0.39 is 34.9 Å². The Morgan fingerprint density at radius 2 is 1.97 bits per heavy atom. The number of anilines is 2. The molecule has 2 aliphatic rings. The molecule has 1 fully saturated rings. The van der Waals surface area contributed by atoms with E-state index in [9.17, 15) is 19.1 Å². The predicted molar refractivity (Wildman–Crippen MR) is 104 cm³/mol. The number of benzene rings is 1. The summed E-state index contributed by atoms with van der Waals surface area (Å²) in [5.41, 5.74) is -1.48. The molecule has 1 aromatic carbocycles. The van der Waals surface area contributed by atoms with Crippen LogP contribution in [0, 0.1) is 11.6 Å². The van der Waals surface area contributed by atoms with Crippen molar-refractivity contribution in [1.82, 2.24) is 5.32 Å². The molecule has 3 rings (SSSR count). The maximum Gasteiger partial charge on any atom is 0.411 e. The first-order valence-corrected chi connectivity index (χ1v) is 9.21. The van der Waals surface area contributed by atoms with Crippen molar-refractivity contribution in [2.45, 2.75) is 45.3 Å². The van der Waals surface area contributed by atoms with Gasteiger partial charge < -0.3 is 20.1 Å². The molecule has 3 N–H and O–H groups in total. The first kappa shape index (κ1) is 20.6. The lowest BCUT2D eigenvalue weighted by atomic mass is 10.1. The van der Waals surface area contributed by atoms with E-state index in [4.69, 9.17) is 4.74 Å². The van der Waals surface area contributed by atoms with Gasteiger partial charge in [-0.1, -0.05) is 0 Å². The van der Waals surface area contributed by atoms with Gasteiger partial charge in [0.2, 0.25) is 0 Å². The van der Waals surface area contributed by atoms with Crippen LogP contribution >= 0.6 is 0 Å². The molecule has 156 valence electrons. The molecule has 1 heterocycles. The molecular formula is C20H23F2N3O4. The van der Waals surface area contributed by atoms with Crippen molar-refractivity contribution in [1.29, 1.82) is 0 Å².